The van der Waals surface area contributed by atoms with Crippen molar-refractivity contribution in [1.82, 2.24) is 4.57 Å². The highest BCUT2D eigenvalue weighted by molar-refractivity contribution is 6.12. The molecule has 3 N–H and O–H groups in total. The van der Waals surface area contributed by atoms with Crippen molar-refractivity contribution in [2.75, 3.05) is 31.7 Å². The van der Waals surface area contributed by atoms with Crippen LogP contribution in [0.15, 0.2) is 84.9 Å². The van der Waals surface area contributed by atoms with Gasteiger partial charge in [-0.2, -0.15) is 0 Å². The molecule has 16 nitrogen and oxygen atoms in total. The highest BCUT2D eigenvalue weighted by Gasteiger charge is 2.31. The number of rotatable bonds is 23. The van der Waals surface area contributed by atoms with Gasteiger partial charge in [-0.1, -0.05) is 62.4 Å². The van der Waals surface area contributed by atoms with Crippen LogP contribution >= 0.6 is 0 Å². The van der Waals surface area contributed by atoms with Gasteiger partial charge in [0.2, 0.25) is 0 Å². The molecule has 0 bridgehead atoms. The van der Waals surface area contributed by atoms with Crippen molar-refractivity contribution in [1.29, 1.82) is 0 Å². The summed E-state index contributed by atoms with van der Waals surface area (Å²) in [6.45, 7) is 3.04. The van der Waals surface area contributed by atoms with Crippen LogP contribution in [0, 0.1) is 26.0 Å². The third-order valence-electron chi connectivity index (χ3n) is 8.60. The summed E-state index contributed by atoms with van der Waals surface area (Å²) in [7, 11) is 0. The Morgan fingerprint density at radius 3 is 2.12 bits per heavy atom. The Balaban J connectivity index is 1.44. The molecule has 4 rings (SSSR count). The Morgan fingerprint density at radius 2 is 1.50 bits per heavy atom. The number of nitrogens with one attached hydrogen (secondary N) is 1. The van der Waals surface area contributed by atoms with Crippen molar-refractivity contribution < 1.29 is 53.5 Å². The Hall–Kier alpha value is -5.91. The summed E-state index contributed by atoms with van der Waals surface area (Å²) in [5.41, 5.74) is 4.45. The molecule has 1 aromatic heterocycles. The first-order valence-electron chi connectivity index (χ1n) is 18.0. The van der Waals surface area contributed by atoms with Crippen LogP contribution in [0.1, 0.15) is 61.5 Å². The molecule has 0 saturated heterocycles. The van der Waals surface area contributed by atoms with Crippen molar-refractivity contribution in [3.63, 3.8) is 0 Å². The largest absolute Gasteiger partial charge is 0.463 e. The lowest BCUT2D eigenvalue weighted by Gasteiger charge is -2.20. The summed E-state index contributed by atoms with van der Waals surface area (Å²) in [4.78, 5) is 55.9. The number of aromatic nitrogens is 1. The second-order valence-electron chi connectivity index (χ2n) is 13.1. The van der Waals surface area contributed by atoms with Gasteiger partial charge in [0.1, 0.15) is 25.1 Å². The van der Waals surface area contributed by atoms with E-state index in [-0.39, 0.29) is 57.5 Å². The van der Waals surface area contributed by atoms with Gasteiger partial charge in [0.15, 0.2) is 0 Å². The topological polar surface area (TPSA) is 215 Å². The highest BCUT2D eigenvalue weighted by Crippen LogP contribution is 2.42. The van der Waals surface area contributed by atoms with Crippen LogP contribution in [0.2, 0.25) is 0 Å². The quantitative estimate of drug-likeness (QED) is 0.0344. The molecule has 3 atom stereocenters. The minimum absolute atomic E-state index is 0.104. The maximum absolute atomic E-state index is 14.2. The van der Waals surface area contributed by atoms with Gasteiger partial charge in [-0.05, 0) is 72.7 Å². The lowest BCUT2D eigenvalue weighted by Crippen LogP contribution is -2.26. The second-order valence-corrected chi connectivity index (χ2v) is 13.1. The zero-order chi connectivity index (χ0) is 40.6. The zero-order valence-corrected chi connectivity index (χ0v) is 31.0. The minimum Gasteiger partial charge on any atom is -0.463 e. The molecule has 4 aromatic rings. The van der Waals surface area contributed by atoms with E-state index in [1.807, 2.05) is 66.9 Å². The number of aliphatic hydroxyl groups is 2. The van der Waals surface area contributed by atoms with Crippen LogP contribution in [-0.4, -0.2) is 81.6 Å². The minimum atomic E-state index is -1.25. The van der Waals surface area contributed by atoms with Crippen molar-refractivity contribution in [2.24, 2.45) is 0 Å². The molecule has 0 aliphatic heterocycles. The molecule has 300 valence electrons. The fraction of sp³-hybridized carbons (Fsp3) is 0.385. The second kappa shape index (κ2) is 21.3. The molecule has 1 unspecified atom stereocenters. The first-order chi connectivity index (χ1) is 26.8. The average Bonchev–Trinajstić information content (AvgIpc) is 3.50. The molecular formula is C39H45FN4O12. The Morgan fingerprint density at radius 1 is 0.839 bits per heavy atom. The van der Waals surface area contributed by atoms with E-state index in [0.29, 0.717) is 33.8 Å². The Kier molecular flexibility index (Phi) is 16.3. The number of benzene rings is 3. The lowest BCUT2D eigenvalue weighted by atomic mass is 9.94. The zero-order valence-electron chi connectivity index (χ0n) is 31.0. The summed E-state index contributed by atoms with van der Waals surface area (Å²) in [6, 6.07) is 24.4. The number of halogens is 1. The molecule has 1 heterocycles. The van der Waals surface area contributed by atoms with Crippen LogP contribution < -0.4 is 5.32 Å². The summed E-state index contributed by atoms with van der Waals surface area (Å²) in [5, 5.41) is 43.5. The lowest BCUT2D eigenvalue weighted by molar-refractivity contribution is -0.790. The summed E-state index contributed by atoms with van der Waals surface area (Å²) in [5.74, 6) is -1.69. The van der Waals surface area contributed by atoms with Gasteiger partial charge in [0.25, 0.3) is 16.1 Å². The maximum atomic E-state index is 14.2. The van der Waals surface area contributed by atoms with Gasteiger partial charge in [0, 0.05) is 30.1 Å². The number of carbonyl (C=O) groups excluding carboxylic acids is 2. The number of amides is 1. The first kappa shape index (κ1) is 42.8. The number of anilines is 1. The monoisotopic (exact) mass is 780 g/mol. The average molecular weight is 781 g/mol. The number of hydrogen-bond acceptors (Lipinski definition) is 12. The molecule has 0 aliphatic carbocycles. The third-order valence-corrected chi connectivity index (χ3v) is 8.60. The van der Waals surface area contributed by atoms with Gasteiger partial charge in [-0.3, -0.25) is 9.59 Å². The number of para-hydroxylation sites is 1. The van der Waals surface area contributed by atoms with Crippen LogP contribution in [0.5, 0.6) is 0 Å². The van der Waals surface area contributed by atoms with Crippen molar-refractivity contribution in [3.05, 3.63) is 122 Å². The Labute approximate surface area is 322 Å². The standard InChI is InChI=1S/C39H45FN4O12/c1-26(2)37-36(39(48)41-30-11-7-4-8-12-30)35(27-9-5-3-6-10-27)38(28-13-15-29(40)16-14-28)42(37)19-17-31(45)23-32(46)24-34(47)54-22-21-53-20-18-33(56-44(51)52)25-55-43(49)50/h3-16,26,31-33,45-46H,17-25H2,1-2H3,(H,41,48)/t31-,32-,33?/m1/s1. The van der Waals surface area contributed by atoms with Crippen molar-refractivity contribution in [2.45, 2.75) is 70.3 Å². The highest BCUT2D eigenvalue weighted by atomic mass is 19.1. The SMILES string of the molecule is CC(C)c1c(C(=O)Nc2ccccc2)c(-c2ccccc2)c(-c2ccc(F)cc2)n1CC[C@@H](O)C[C@@H](O)CC(=O)OCCOCCC(CO[N+](=O)[O-])O[N+](=O)[O-]. The van der Waals surface area contributed by atoms with E-state index in [4.69, 9.17) is 9.47 Å². The molecule has 0 saturated carbocycles. The Bertz CT molecular complexity index is 1890. The van der Waals surface area contributed by atoms with E-state index < -0.39 is 53.3 Å². The maximum Gasteiger partial charge on any atom is 0.308 e. The van der Waals surface area contributed by atoms with Crippen LogP contribution in [0.3, 0.4) is 0 Å². The number of nitrogens with zero attached hydrogens (tertiary/aromatic N) is 3. The third kappa shape index (κ3) is 12.9. The number of hydrogen-bond donors (Lipinski definition) is 3. The number of esters is 1. The van der Waals surface area contributed by atoms with Crippen molar-refractivity contribution in [3.8, 4) is 22.4 Å². The fourth-order valence-corrected chi connectivity index (χ4v) is 6.22. The predicted octanol–water partition coefficient (Wildman–Crippen LogP) is 5.96. The molecule has 3 aromatic carbocycles. The van der Waals surface area contributed by atoms with Crippen LogP contribution in [0.25, 0.3) is 22.4 Å². The van der Waals surface area contributed by atoms with Crippen molar-refractivity contribution >= 4 is 17.6 Å². The molecule has 0 aliphatic rings. The van der Waals surface area contributed by atoms with E-state index in [9.17, 15) is 44.4 Å². The molecular weight excluding hydrogens is 735 g/mol. The molecule has 17 heteroatoms. The van der Waals surface area contributed by atoms with Crippen LogP contribution in [0.4, 0.5) is 10.1 Å². The normalized spacial score (nSPS) is 12.8. The summed E-state index contributed by atoms with van der Waals surface area (Å²) >= 11 is 0. The molecule has 0 fully saturated rings. The number of carbonyl (C=O) groups is 2. The van der Waals surface area contributed by atoms with Gasteiger partial charge in [0.05, 0.1) is 36.5 Å². The fourth-order valence-electron chi connectivity index (χ4n) is 6.22. The molecule has 0 spiro atoms. The van der Waals surface area contributed by atoms with Gasteiger partial charge >= 0.3 is 5.97 Å². The van der Waals surface area contributed by atoms with E-state index in [1.165, 1.54) is 12.1 Å². The van der Waals surface area contributed by atoms with E-state index in [2.05, 4.69) is 15.0 Å². The van der Waals surface area contributed by atoms with Gasteiger partial charge in [-0.15, -0.1) is 20.2 Å². The summed E-state index contributed by atoms with van der Waals surface area (Å²) < 4.78 is 26.5. The summed E-state index contributed by atoms with van der Waals surface area (Å²) in [6.07, 6.45) is -4.12. The van der Waals surface area contributed by atoms with Crippen LogP contribution in [-0.2, 0) is 30.5 Å². The van der Waals surface area contributed by atoms with E-state index in [1.54, 1.807) is 24.3 Å². The number of ether oxygens (including phenoxy) is 2. The predicted molar refractivity (Wildman–Crippen MR) is 201 cm³/mol. The van der Waals surface area contributed by atoms with E-state index in [0.717, 1.165) is 5.56 Å². The first-order valence-corrected chi connectivity index (χ1v) is 18.0. The van der Waals surface area contributed by atoms with Gasteiger partial charge in [-0.25, -0.2) is 4.39 Å². The smallest absolute Gasteiger partial charge is 0.308 e. The molecule has 0 radical (unpaired) electrons. The van der Waals surface area contributed by atoms with Gasteiger partial charge < -0.3 is 39.2 Å². The molecule has 1 amide bonds. The van der Waals surface area contributed by atoms with E-state index >= 15 is 0 Å². The number of aliphatic hydroxyl groups excluding tert-OH is 2. The molecule has 56 heavy (non-hydrogen) atoms.